The fourth-order valence-corrected chi connectivity index (χ4v) is 1.95. The number of hydrogen-bond donors (Lipinski definition) is 8. The Morgan fingerprint density at radius 1 is 0.963 bits per heavy atom. The number of hydrogen-bond acceptors (Lipinski definition) is 8. The second-order valence-corrected chi connectivity index (χ2v) is 6.11. The van der Waals surface area contributed by atoms with Crippen LogP contribution in [0.15, 0.2) is 0 Å². The maximum atomic E-state index is 12.2. The zero-order valence-electron chi connectivity index (χ0n) is 14.7. The molecular weight excluding hydrogens is 384 g/mol. The molecule has 0 aromatic rings. The normalized spacial score (nSPS) is 16.2. The number of carbonyl (C=O) groups excluding carboxylic acids is 3. The highest BCUT2D eigenvalue weighted by Crippen LogP contribution is 1.99. The van der Waals surface area contributed by atoms with E-state index < -0.39 is 66.4 Å². The highest BCUT2D eigenvalue weighted by molar-refractivity contribution is 7.80. The van der Waals surface area contributed by atoms with Gasteiger partial charge in [0, 0.05) is 5.75 Å². The van der Waals surface area contributed by atoms with Gasteiger partial charge >= 0.3 is 11.9 Å². The van der Waals surface area contributed by atoms with Crippen molar-refractivity contribution in [1.29, 1.82) is 0 Å². The van der Waals surface area contributed by atoms with Gasteiger partial charge in [0.15, 0.2) is 0 Å². The summed E-state index contributed by atoms with van der Waals surface area (Å²) in [4.78, 5) is 57.5. The van der Waals surface area contributed by atoms with Gasteiger partial charge in [0.25, 0.3) is 0 Å². The largest absolute Gasteiger partial charge is 0.481 e. The Balaban J connectivity index is 4.96. The maximum absolute atomic E-state index is 12.2. The Kier molecular flexibility index (Phi) is 10.4. The van der Waals surface area contributed by atoms with Crippen LogP contribution in [0, 0.1) is 0 Å². The molecule has 0 aliphatic heterocycles. The summed E-state index contributed by atoms with van der Waals surface area (Å²) in [5.74, 6) is -5.61. The summed E-state index contributed by atoms with van der Waals surface area (Å²) in [5.41, 5.74) is 5.47. The quantitative estimate of drug-likeness (QED) is 0.160. The predicted molar refractivity (Wildman–Crippen MR) is 94.9 cm³/mol. The number of amides is 3. The topological polar surface area (TPSA) is 208 Å². The van der Waals surface area contributed by atoms with Crippen molar-refractivity contribution in [3.63, 3.8) is 0 Å². The Bertz CT molecular complexity index is 585. The van der Waals surface area contributed by atoms with Gasteiger partial charge in [0.05, 0.1) is 18.6 Å². The number of rotatable bonds is 11. The molecule has 0 rings (SSSR count). The van der Waals surface area contributed by atoms with Crippen LogP contribution in [0.25, 0.3) is 0 Å². The molecule has 0 spiro atoms. The molecule has 0 saturated carbocycles. The lowest BCUT2D eigenvalue weighted by Crippen LogP contribution is -2.59. The molecular formula is C14H24N4O8S. The molecule has 0 bridgehead atoms. The van der Waals surface area contributed by atoms with E-state index in [0.29, 0.717) is 0 Å². The van der Waals surface area contributed by atoms with Gasteiger partial charge < -0.3 is 37.0 Å². The average molecular weight is 408 g/mol. The third-order valence-corrected chi connectivity index (χ3v) is 3.73. The van der Waals surface area contributed by atoms with E-state index in [1.165, 1.54) is 13.8 Å². The van der Waals surface area contributed by atoms with Crippen molar-refractivity contribution >= 4 is 42.3 Å². The molecule has 0 aliphatic carbocycles. The van der Waals surface area contributed by atoms with Gasteiger partial charge in [-0.15, -0.1) is 0 Å². The van der Waals surface area contributed by atoms with Crippen molar-refractivity contribution in [3.05, 3.63) is 0 Å². The number of thiol groups is 1. The summed E-state index contributed by atoms with van der Waals surface area (Å²) in [6.07, 6.45) is -2.18. The minimum absolute atomic E-state index is 0.00105. The maximum Gasteiger partial charge on any atom is 0.326 e. The number of nitrogens with one attached hydrogen (secondary N) is 3. The first-order valence-corrected chi connectivity index (χ1v) is 8.44. The Morgan fingerprint density at radius 3 is 1.93 bits per heavy atom. The van der Waals surface area contributed by atoms with Gasteiger partial charge in [0.2, 0.25) is 17.7 Å². The minimum atomic E-state index is -1.69. The average Bonchev–Trinajstić information content (AvgIpc) is 2.56. The molecule has 13 heteroatoms. The van der Waals surface area contributed by atoms with Crippen molar-refractivity contribution in [2.24, 2.45) is 5.73 Å². The van der Waals surface area contributed by atoms with Gasteiger partial charge in [0.1, 0.15) is 18.1 Å². The van der Waals surface area contributed by atoms with E-state index in [-0.39, 0.29) is 5.75 Å². The first-order valence-electron chi connectivity index (χ1n) is 7.80. The van der Waals surface area contributed by atoms with E-state index in [1.54, 1.807) is 0 Å². The van der Waals surface area contributed by atoms with Crippen LogP contribution >= 0.6 is 12.6 Å². The molecule has 3 amide bonds. The van der Waals surface area contributed by atoms with E-state index in [1.807, 2.05) is 5.32 Å². The number of carboxylic acid groups (broad SMARTS) is 2. The van der Waals surface area contributed by atoms with Gasteiger partial charge in [-0.25, -0.2) is 4.79 Å². The van der Waals surface area contributed by atoms with E-state index in [4.69, 9.17) is 15.9 Å². The standard InChI is InChI=1S/C14H24N4O8S/c1-5(11(22)17-8(14(25)26)3-9(20)21)16-13(24)10(6(2)19)18-12(23)7(15)4-27/h5-8,10,19,27H,3-4,15H2,1-2H3,(H,16,24)(H,17,22)(H,18,23)(H,20,21)(H,25,26). The van der Waals surface area contributed by atoms with Crippen LogP contribution in [0.3, 0.4) is 0 Å². The van der Waals surface area contributed by atoms with Crippen molar-refractivity contribution < 1.29 is 39.3 Å². The second kappa shape index (κ2) is 11.4. The summed E-state index contributed by atoms with van der Waals surface area (Å²) < 4.78 is 0. The van der Waals surface area contributed by atoms with Crippen LogP contribution in [-0.2, 0) is 24.0 Å². The number of aliphatic hydroxyl groups is 1. The third kappa shape index (κ3) is 8.70. The minimum Gasteiger partial charge on any atom is -0.481 e. The van der Waals surface area contributed by atoms with E-state index >= 15 is 0 Å². The van der Waals surface area contributed by atoms with Crippen LogP contribution in [-0.4, -0.2) is 81.0 Å². The molecule has 154 valence electrons. The van der Waals surface area contributed by atoms with Crippen LogP contribution in [0.1, 0.15) is 20.3 Å². The highest BCUT2D eigenvalue weighted by Gasteiger charge is 2.31. The van der Waals surface area contributed by atoms with E-state index in [0.717, 1.165) is 0 Å². The second-order valence-electron chi connectivity index (χ2n) is 5.74. The fourth-order valence-electron chi connectivity index (χ4n) is 1.79. The smallest absolute Gasteiger partial charge is 0.326 e. The lowest BCUT2D eigenvalue weighted by Gasteiger charge is -2.24. The molecule has 5 atom stereocenters. The van der Waals surface area contributed by atoms with Gasteiger partial charge in [-0.05, 0) is 13.8 Å². The summed E-state index contributed by atoms with van der Waals surface area (Å²) >= 11 is 3.84. The Hall–Kier alpha value is -2.38. The lowest BCUT2D eigenvalue weighted by atomic mass is 10.1. The van der Waals surface area contributed by atoms with E-state index in [2.05, 4.69) is 23.3 Å². The number of aliphatic carboxylic acids is 2. The molecule has 0 saturated heterocycles. The van der Waals surface area contributed by atoms with Crippen molar-refractivity contribution in [2.45, 2.75) is 50.5 Å². The molecule has 12 nitrogen and oxygen atoms in total. The predicted octanol–water partition coefficient (Wildman–Crippen LogP) is -3.34. The van der Waals surface area contributed by atoms with Gasteiger partial charge in [-0.1, -0.05) is 0 Å². The monoisotopic (exact) mass is 408 g/mol. The van der Waals surface area contributed by atoms with Crippen LogP contribution in [0.4, 0.5) is 0 Å². The summed E-state index contributed by atoms with van der Waals surface area (Å²) in [6, 6.07) is -5.40. The summed E-state index contributed by atoms with van der Waals surface area (Å²) in [7, 11) is 0. The number of aliphatic hydroxyl groups excluding tert-OH is 1. The van der Waals surface area contributed by atoms with Crippen LogP contribution in [0.5, 0.6) is 0 Å². The van der Waals surface area contributed by atoms with Crippen LogP contribution < -0.4 is 21.7 Å². The SMILES string of the molecule is CC(NC(=O)C(NC(=O)C(N)CS)C(C)O)C(=O)NC(CC(=O)O)C(=O)O. The zero-order chi connectivity index (χ0) is 21.3. The van der Waals surface area contributed by atoms with Gasteiger partial charge in [-0.2, -0.15) is 12.6 Å². The number of carboxylic acids is 2. The molecule has 27 heavy (non-hydrogen) atoms. The lowest BCUT2D eigenvalue weighted by molar-refractivity contribution is -0.147. The van der Waals surface area contributed by atoms with Crippen molar-refractivity contribution in [2.75, 3.05) is 5.75 Å². The molecule has 0 aromatic carbocycles. The summed E-state index contributed by atoms with van der Waals surface area (Å²) in [5, 5.41) is 33.6. The Morgan fingerprint density at radius 2 is 1.52 bits per heavy atom. The van der Waals surface area contributed by atoms with Crippen LogP contribution in [0.2, 0.25) is 0 Å². The molecule has 5 unspecified atom stereocenters. The fraction of sp³-hybridized carbons (Fsp3) is 0.643. The highest BCUT2D eigenvalue weighted by atomic mass is 32.1. The third-order valence-electron chi connectivity index (χ3n) is 3.34. The molecule has 0 fully saturated rings. The number of nitrogens with two attached hydrogens (primary N) is 1. The molecule has 0 radical (unpaired) electrons. The number of carbonyl (C=O) groups is 5. The molecule has 0 aliphatic rings. The zero-order valence-corrected chi connectivity index (χ0v) is 15.6. The summed E-state index contributed by atoms with van der Waals surface area (Å²) in [6.45, 7) is 2.45. The van der Waals surface area contributed by atoms with Crippen molar-refractivity contribution in [3.8, 4) is 0 Å². The van der Waals surface area contributed by atoms with Crippen molar-refractivity contribution in [1.82, 2.24) is 16.0 Å². The Labute approximate surface area is 160 Å². The molecule has 0 heterocycles. The first-order chi connectivity index (χ1) is 12.4. The van der Waals surface area contributed by atoms with Gasteiger partial charge in [-0.3, -0.25) is 19.2 Å². The molecule has 0 aromatic heterocycles. The van der Waals surface area contributed by atoms with E-state index in [9.17, 15) is 29.1 Å². The first kappa shape index (κ1) is 24.6. The molecule has 8 N–H and O–H groups in total.